The molecule has 0 aliphatic carbocycles. The molecule has 0 bridgehead atoms. The van der Waals surface area contributed by atoms with Crippen molar-refractivity contribution in [2.24, 2.45) is 4.99 Å². The Labute approximate surface area is 127 Å². The summed E-state index contributed by atoms with van der Waals surface area (Å²) in [5, 5.41) is 6.76. The molecule has 2 aromatic carbocycles. The van der Waals surface area contributed by atoms with E-state index in [4.69, 9.17) is 0 Å². The molecular weight excluding hydrogens is 314 g/mol. The second kappa shape index (κ2) is 6.09. The van der Waals surface area contributed by atoms with Gasteiger partial charge in [0.15, 0.2) is 5.96 Å². The molecule has 0 amide bonds. The zero-order valence-electron chi connectivity index (χ0n) is 11.0. The Kier molecular flexibility index (Phi) is 4.02. The lowest BCUT2D eigenvalue weighted by Gasteiger charge is -2.21. The Hall–Kier alpha value is -1.81. The van der Waals surface area contributed by atoms with Gasteiger partial charge in [0.2, 0.25) is 0 Å². The third kappa shape index (κ3) is 3.02. The largest absolute Gasteiger partial charge is 0.355 e. The predicted molar refractivity (Wildman–Crippen MR) is 85.9 cm³/mol. The third-order valence-corrected chi connectivity index (χ3v) is 3.82. The van der Waals surface area contributed by atoms with Crippen molar-refractivity contribution in [2.45, 2.75) is 6.04 Å². The Balaban J connectivity index is 1.92. The van der Waals surface area contributed by atoms with Crippen molar-refractivity contribution in [1.82, 2.24) is 10.6 Å². The molecular formula is C16H16BrN3. The Morgan fingerprint density at radius 1 is 1.00 bits per heavy atom. The number of nitrogens with one attached hydrogen (secondary N) is 2. The molecule has 4 heteroatoms. The molecule has 0 saturated carbocycles. The van der Waals surface area contributed by atoms with E-state index in [1.165, 1.54) is 11.1 Å². The molecule has 1 aliphatic heterocycles. The summed E-state index contributed by atoms with van der Waals surface area (Å²) < 4.78 is 1.09. The molecule has 0 aromatic heterocycles. The lowest BCUT2D eigenvalue weighted by atomic mass is 9.99. The topological polar surface area (TPSA) is 36.4 Å². The van der Waals surface area contributed by atoms with Gasteiger partial charge in [-0.1, -0.05) is 58.4 Å². The average molecular weight is 330 g/mol. The van der Waals surface area contributed by atoms with Crippen LogP contribution in [-0.4, -0.2) is 19.0 Å². The molecule has 0 saturated heterocycles. The molecule has 0 fully saturated rings. The summed E-state index contributed by atoms with van der Waals surface area (Å²) in [5.41, 5.74) is 2.45. The minimum absolute atomic E-state index is 0.105. The smallest absolute Gasteiger partial charge is 0.192 e. The minimum Gasteiger partial charge on any atom is -0.355 e. The van der Waals surface area contributed by atoms with Crippen molar-refractivity contribution in [1.29, 1.82) is 0 Å². The van der Waals surface area contributed by atoms with Gasteiger partial charge in [-0.05, 0) is 23.3 Å². The van der Waals surface area contributed by atoms with Crippen LogP contribution in [0.1, 0.15) is 17.2 Å². The van der Waals surface area contributed by atoms with Crippen LogP contribution in [0.15, 0.2) is 64.1 Å². The Morgan fingerprint density at radius 2 is 1.70 bits per heavy atom. The van der Waals surface area contributed by atoms with Crippen molar-refractivity contribution < 1.29 is 0 Å². The molecule has 3 rings (SSSR count). The quantitative estimate of drug-likeness (QED) is 0.907. The van der Waals surface area contributed by atoms with Crippen LogP contribution < -0.4 is 10.6 Å². The van der Waals surface area contributed by atoms with Crippen molar-refractivity contribution in [3.05, 3.63) is 70.2 Å². The van der Waals surface area contributed by atoms with Crippen molar-refractivity contribution >= 4 is 21.9 Å². The van der Waals surface area contributed by atoms with Gasteiger partial charge in [0.05, 0.1) is 12.6 Å². The SMILES string of the molecule is Brc1ccc(C(NC2=NCCN2)c2ccccc2)cc1. The highest BCUT2D eigenvalue weighted by molar-refractivity contribution is 9.10. The van der Waals surface area contributed by atoms with Gasteiger partial charge < -0.3 is 10.6 Å². The number of hydrogen-bond acceptors (Lipinski definition) is 3. The van der Waals surface area contributed by atoms with E-state index in [2.05, 4.69) is 80.1 Å². The molecule has 102 valence electrons. The maximum Gasteiger partial charge on any atom is 0.192 e. The summed E-state index contributed by atoms with van der Waals surface area (Å²) in [4.78, 5) is 4.43. The van der Waals surface area contributed by atoms with E-state index in [0.717, 1.165) is 23.5 Å². The van der Waals surface area contributed by atoms with E-state index < -0.39 is 0 Å². The maximum absolute atomic E-state index is 4.43. The monoisotopic (exact) mass is 329 g/mol. The molecule has 0 spiro atoms. The van der Waals surface area contributed by atoms with E-state index >= 15 is 0 Å². The average Bonchev–Trinajstić information content (AvgIpc) is 3.00. The number of guanidine groups is 1. The highest BCUT2D eigenvalue weighted by atomic mass is 79.9. The fourth-order valence-electron chi connectivity index (χ4n) is 2.29. The van der Waals surface area contributed by atoms with Gasteiger partial charge in [0, 0.05) is 11.0 Å². The zero-order valence-corrected chi connectivity index (χ0v) is 12.6. The first-order valence-corrected chi connectivity index (χ1v) is 7.47. The first-order valence-electron chi connectivity index (χ1n) is 6.68. The van der Waals surface area contributed by atoms with Gasteiger partial charge in [-0.2, -0.15) is 0 Å². The summed E-state index contributed by atoms with van der Waals surface area (Å²) in [6.45, 7) is 1.74. The van der Waals surface area contributed by atoms with Gasteiger partial charge in [-0.25, -0.2) is 0 Å². The van der Waals surface area contributed by atoms with Crippen molar-refractivity contribution in [2.75, 3.05) is 13.1 Å². The summed E-state index contributed by atoms with van der Waals surface area (Å²) in [7, 11) is 0. The van der Waals surface area contributed by atoms with Crippen LogP contribution in [0.5, 0.6) is 0 Å². The van der Waals surface area contributed by atoms with E-state index in [9.17, 15) is 0 Å². The van der Waals surface area contributed by atoms with Crippen LogP contribution in [0.3, 0.4) is 0 Å². The number of halogens is 1. The summed E-state index contributed by atoms with van der Waals surface area (Å²) in [6.07, 6.45) is 0. The van der Waals surface area contributed by atoms with E-state index in [1.807, 2.05) is 6.07 Å². The maximum atomic E-state index is 4.43. The number of rotatable bonds is 3. The lowest BCUT2D eigenvalue weighted by Crippen LogP contribution is -2.37. The molecule has 2 N–H and O–H groups in total. The summed E-state index contributed by atoms with van der Waals surface area (Å²) in [5.74, 6) is 0.877. The number of aliphatic imine (C=N–C) groups is 1. The number of nitrogens with zero attached hydrogens (tertiary/aromatic N) is 1. The first kappa shape index (κ1) is 13.2. The summed E-state index contributed by atoms with van der Waals surface area (Å²) >= 11 is 3.48. The van der Waals surface area contributed by atoms with Crippen LogP contribution in [0.25, 0.3) is 0 Å². The predicted octanol–water partition coefficient (Wildman–Crippen LogP) is 3.09. The van der Waals surface area contributed by atoms with Crippen molar-refractivity contribution in [3.8, 4) is 0 Å². The number of hydrogen-bond donors (Lipinski definition) is 2. The third-order valence-electron chi connectivity index (χ3n) is 3.29. The van der Waals surface area contributed by atoms with Crippen molar-refractivity contribution in [3.63, 3.8) is 0 Å². The van der Waals surface area contributed by atoms with Gasteiger partial charge >= 0.3 is 0 Å². The lowest BCUT2D eigenvalue weighted by molar-refractivity contribution is 0.743. The van der Waals surface area contributed by atoms with Crippen LogP contribution in [-0.2, 0) is 0 Å². The van der Waals surface area contributed by atoms with E-state index in [0.29, 0.717) is 0 Å². The molecule has 1 aliphatic rings. The highest BCUT2D eigenvalue weighted by Crippen LogP contribution is 2.23. The molecule has 20 heavy (non-hydrogen) atoms. The second-order valence-electron chi connectivity index (χ2n) is 4.70. The first-order chi connectivity index (χ1) is 9.83. The molecule has 2 aromatic rings. The molecule has 0 radical (unpaired) electrons. The normalized spacial score (nSPS) is 15.3. The molecule has 1 unspecified atom stereocenters. The van der Waals surface area contributed by atoms with Crippen LogP contribution in [0.2, 0.25) is 0 Å². The summed E-state index contributed by atoms with van der Waals surface area (Å²) in [6, 6.07) is 18.9. The van der Waals surface area contributed by atoms with Gasteiger partial charge in [-0.3, -0.25) is 4.99 Å². The standard InChI is InChI=1S/C16H16BrN3/c17-14-8-6-13(7-9-14)15(12-4-2-1-3-5-12)20-16-18-10-11-19-16/h1-9,15H,10-11H2,(H2,18,19,20). The van der Waals surface area contributed by atoms with Crippen LogP contribution in [0, 0.1) is 0 Å². The van der Waals surface area contributed by atoms with Crippen LogP contribution >= 0.6 is 15.9 Å². The fourth-order valence-corrected chi connectivity index (χ4v) is 2.56. The van der Waals surface area contributed by atoms with E-state index in [1.54, 1.807) is 0 Å². The van der Waals surface area contributed by atoms with Gasteiger partial charge in [0.1, 0.15) is 0 Å². The van der Waals surface area contributed by atoms with Crippen LogP contribution in [0.4, 0.5) is 0 Å². The van der Waals surface area contributed by atoms with Gasteiger partial charge in [-0.15, -0.1) is 0 Å². The minimum atomic E-state index is 0.105. The Morgan fingerprint density at radius 3 is 2.35 bits per heavy atom. The fraction of sp³-hybridized carbons (Fsp3) is 0.188. The highest BCUT2D eigenvalue weighted by Gasteiger charge is 2.16. The van der Waals surface area contributed by atoms with Gasteiger partial charge in [0.25, 0.3) is 0 Å². The zero-order chi connectivity index (χ0) is 13.8. The second-order valence-corrected chi connectivity index (χ2v) is 5.61. The van der Waals surface area contributed by atoms with E-state index in [-0.39, 0.29) is 6.04 Å². The molecule has 3 nitrogen and oxygen atoms in total. The molecule has 1 atom stereocenters. The molecule has 1 heterocycles. The number of benzene rings is 2. The Bertz CT molecular complexity index is 593.